The van der Waals surface area contributed by atoms with Crippen LogP contribution in [-0.4, -0.2) is 35.3 Å². The fourth-order valence-corrected chi connectivity index (χ4v) is 3.20. The van der Waals surface area contributed by atoms with Gasteiger partial charge in [-0.25, -0.2) is 0 Å². The summed E-state index contributed by atoms with van der Waals surface area (Å²) in [5, 5.41) is 9.14. The highest BCUT2D eigenvalue weighted by molar-refractivity contribution is 7.98. The Bertz CT molecular complexity index is 436. The molecular weight excluding hydrogens is 246 g/mol. The van der Waals surface area contributed by atoms with Gasteiger partial charge in [-0.15, -0.1) is 11.8 Å². The maximum Gasteiger partial charge on any atom is 0.308 e. The van der Waals surface area contributed by atoms with E-state index in [1.165, 1.54) is 10.5 Å². The highest BCUT2D eigenvalue weighted by Crippen LogP contribution is 2.27. The third kappa shape index (κ3) is 2.87. The van der Waals surface area contributed by atoms with Crippen molar-refractivity contribution in [2.75, 3.05) is 19.3 Å². The molecule has 2 atom stereocenters. The molecule has 1 heterocycles. The largest absolute Gasteiger partial charge is 0.481 e. The molecule has 1 N–H and O–H groups in total. The van der Waals surface area contributed by atoms with Crippen molar-refractivity contribution in [2.45, 2.75) is 18.4 Å². The van der Waals surface area contributed by atoms with Gasteiger partial charge in [0, 0.05) is 24.5 Å². The lowest BCUT2D eigenvalue weighted by Crippen LogP contribution is -2.23. The van der Waals surface area contributed by atoms with Crippen LogP contribution in [-0.2, 0) is 11.3 Å². The molecule has 3 nitrogen and oxygen atoms in total. The number of likely N-dealkylation sites (tertiary alicyclic amines) is 1. The molecule has 0 radical (unpaired) electrons. The van der Waals surface area contributed by atoms with E-state index in [1.807, 2.05) is 19.1 Å². The molecule has 0 spiro atoms. The molecule has 98 valence electrons. The van der Waals surface area contributed by atoms with Gasteiger partial charge in [-0.2, -0.15) is 0 Å². The lowest BCUT2D eigenvalue weighted by atomic mass is 9.99. The summed E-state index contributed by atoms with van der Waals surface area (Å²) in [4.78, 5) is 14.6. The van der Waals surface area contributed by atoms with Gasteiger partial charge in [0.1, 0.15) is 0 Å². The Morgan fingerprint density at radius 3 is 2.78 bits per heavy atom. The minimum Gasteiger partial charge on any atom is -0.481 e. The number of carbonyl (C=O) groups is 1. The number of thioether (sulfide) groups is 1. The van der Waals surface area contributed by atoms with Crippen molar-refractivity contribution < 1.29 is 9.90 Å². The summed E-state index contributed by atoms with van der Waals surface area (Å²) < 4.78 is 0. The summed E-state index contributed by atoms with van der Waals surface area (Å²) in [6.07, 6.45) is 2.07. The zero-order valence-corrected chi connectivity index (χ0v) is 11.6. The van der Waals surface area contributed by atoms with Crippen LogP contribution < -0.4 is 0 Å². The van der Waals surface area contributed by atoms with Crippen LogP contribution in [0.3, 0.4) is 0 Å². The first-order valence-electron chi connectivity index (χ1n) is 6.19. The van der Waals surface area contributed by atoms with Gasteiger partial charge in [0.15, 0.2) is 0 Å². The van der Waals surface area contributed by atoms with Crippen molar-refractivity contribution in [1.29, 1.82) is 0 Å². The van der Waals surface area contributed by atoms with E-state index < -0.39 is 5.97 Å². The standard InChI is InChI=1S/C14H19NO2S/c1-10-7-15(9-12(10)14(16)17)8-11-5-3-4-6-13(11)18-2/h3-6,10,12H,7-9H2,1-2H3,(H,16,17)/t10-,12-/m1/s1. The lowest BCUT2D eigenvalue weighted by Gasteiger charge is -2.17. The SMILES string of the molecule is CSc1ccccc1CN1C[C@@H](C)[C@H](C(=O)O)C1. The summed E-state index contributed by atoms with van der Waals surface area (Å²) in [5.74, 6) is -0.640. The molecule has 1 aliphatic rings. The molecule has 1 aromatic carbocycles. The second-order valence-electron chi connectivity index (χ2n) is 4.93. The van der Waals surface area contributed by atoms with E-state index >= 15 is 0 Å². The minimum atomic E-state index is -0.664. The second-order valence-corrected chi connectivity index (χ2v) is 5.78. The van der Waals surface area contributed by atoms with Crippen LogP contribution in [0.1, 0.15) is 12.5 Å². The molecule has 4 heteroatoms. The number of carboxylic acid groups (broad SMARTS) is 1. The first-order valence-corrected chi connectivity index (χ1v) is 7.41. The van der Waals surface area contributed by atoms with Crippen molar-refractivity contribution in [3.63, 3.8) is 0 Å². The van der Waals surface area contributed by atoms with Crippen LogP contribution in [0.5, 0.6) is 0 Å². The smallest absolute Gasteiger partial charge is 0.308 e. The van der Waals surface area contributed by atoms with E-state index in [1.54, 1.807) is 11.8 Å². The Morgan fingerprint density at radius 1 is 1.44 bits per heavy atom. The molecular formula is C14H19NO2S. The number of carboxylic acids is 1. The number of aliphatic carboxylic acids is 1. The average molecular weight is 265 g/mol. The monoisotopic (exact) mass is 265 g/mol. The fraction of sp³-hybridized carbons (Fsp3) is 0.500. The molecule has 0 aromatic heterocycles. The summed E-state index contributed by atoms with van der Waals surface area (Å²) in [5.41, 5.74) is 1.29. The minimum absolute atomic E-state index is 0.216. The molecule has 1 saturated heterocycles. The lowest BCUT2D eigenvalue weighted by molar-refractivity contribution is -0.142. The number of hydrogen-bond donors (Lipinski definition) is 1. The van der Waals surface area contributed by atoms with E-state index in [-0.39, 0.29) is 11.8 Å². The van der Waals surface area contributed by atoms with Crippen molar-refractivity contribution in [3.8, 4) is 0 Å². The van der Waals surface area contributed by atoms with E-state index in [4.69, 9.17) is 5.11 Å². The van der Waals surface area contributed by atoms with Gasteiger partial charge in [0.05, 0.1) is 5.92 Å². The van der Waals surface area contributed by atoms with Crippen LogP contribution in [0.25, 0.3) is 0 Å². The van der Waals surface area contributed by atoms with E-state index in [0.29, 0.717) is 6.54 Å². The predicted molar refractivity (Wildman–Crippen MR) is 73.8 cm³/mol. The van der Waals surface area contributed by atoms with Gasteiger partial charge in [-0.3, -0.25) is 9.69 Å². The number of rotatable bonds is 4. The fourth-order valence-electron chi connectivity index (χ4n) is 2.59. The molecule has 0 unspecified atom stereocenters. The van der Waals surface area contributed by atoms with Crippen LogP contribution in [0.4, 0.5) is 0 Å². The number of hydrogen-bond acceptors (Lipinski definition) is 3. The Balaban J connectivity index is 2.05. The average Bonchev–Trinajstić information content (AvgIpc) is 2.71. The first kappa shape index (κ1) is 13.4. The number of nitrogens with zero attached hydrogens (tertiary/aromatic N) is 1. The highest BCUT2D eigenvalue weighted by Gasteiger charge is 2.34. The van der Waals surface area contributed by atoms with E-state index in [2.05, 4.69) is 23.3 Å². The normalized spacial score (nSPS) is 24.3. The number of benzene rings is 1. The maximum absolute atomic E-state index is 11.1. The van der Waals surface area contributed by atoms with E-state index in [0.717, 1.165) is 13.1 Å². The van der Waals surface area contributed by atoms with Crippen molar-refractivity contribution in [1.82, 2.24) is 4.90 Å². The second kappa shape index (κ2) is 5.76. The Labute approximate surface area is 112 Å². The Hall–Kier alpha value is -1.00. The molecule has 1 fully saturated rings. The van der Waals surface area contributed by atoms with Gasteiger partial charge >= 0.3 is 5.97 Å². The Morgan fingerprint density at radius 2 is 2.17 bits per heavy atom. The van der Waals surface area contributed by atoms with Crippen LogP contribution in [0.15, 0.2) is 29.2 Å². The summed E-state index contributed by atoms with van der Waals surface area (Å²) in [7, 11) is 0. The molecule has 0 amide bonds. The van der Waals surface area contributed by atoms with Crippen LogP contribution >= 0.6 is 11.8 Å². The molecule has 1 aliphatic heterocycles. The summed E-state index contributed by atoms with van der Waals surface area (Å²) >= 11 is 1.74. The molecule has 1 aromatic rings. The topological polar surface area (TPSA) is 40.5 Å². The van der Waals surface area contributed by atoms with Crippen molar-refractivity contribution >= 4 is 17.7 Å². The van der Waals surface area contributed by atoms with Gasteiger partial charge in [0.2, 0.25) is 0 Å². The molecule has 2 rings (SSSR count). The van der Waals surface area contributed by atoms with Gasteiger partial charge in [-0.1, -0.05) is 25.1 Å². The zero-order chi connectivity index (χ0) is 13.1. The van der Waals surface area contributed by atoms with Crippen LogP contribution in [0.2, 0.25) is 0 Å². The van der Waals surface area contributed by atoms with Gasteiger partial charge < -0.3 is 5.11 Å². The zero-order valence-electron chi connectivity index (χ0n) is 10.8. The maximum atomic E-state index is 11.1. The molecule has 0 bridgehead atoms. The molecule has 0 saturated carbocycles. The van der Waals surface area contributed by atoms with Crippen molar-refractivity contribution in [2.24, 2.45) is 11.8 Å². The van der Waals surface area contributed by atoms with Gasteiger partial charge in [-0.05, 0) is 23.8 Å². The Kier molecular flexibility index (Phi) is 4.30. The quantitative estimate of drug-likeness (QED) is 0.849. The van der Waals surface area contributed by atoms with Crippen molar-refractivity contribution in [3.05, 3.63) is 29.8 Å². The predicted octanol–water partition coefficient (Wildman–Crippen LogP) is 2.56. The highest BCUT2D eigenvalue weighted by atomic mass is 32.2. The summed E-state index contributed by atoms with van der Waals surface area (Å²) in [6.45, 7) is 4.42. The first-order chi connectivity index (χ1) is 8.61. The molecule has 18 heavy (non-hydrogen) atoms. The van der Waals surface area contributed by atoms with Gasteiger partial charge in [0.25, 0.3) is 0 Å². The third-order valence-corrected chi connectivity index (χ3v) is 4.43. The third-order valence-electron chi connectivity index (χ3n) is 3.59. The molecule has 0 aliphatic carbocycles. The summed E-state index contributed by atoms with van der Waals surface area (Å²) in [6, 6.07) is 8.34. The van der Waals surface area contributed by atoms with E-state index in [9.17, 15) is 4.79 Å². The van der Waals surface area contributed by atoms with Crippen LogP contribution in [0, 0.1) is 11.8 Å².